The SMILES string of the molecule is CCc1nc(-c2cc(S(=O)(=O)Nc3cccc(C(F)(F)F)c3)c(C)s2)no1. The third-order valence-electron chi connectivity index (χ3n) is 3.59. The summed E-state index contributed by atoms with van der Waals surface area (Å²) in [5.74, 6) is 0.683. The lowest BCUT2D eigenvalue weighted by Gasteiger charge is -2.11. The molecule has 0 amide bonds. The fraction of sp³-hybridized carbons (Fsp3) is 0.250. The Morgan fingerprint density at radius 1 is 1.26 bits per heavy atom. The molecule has 0 aliphatic rings. The van der Waals surface area contributed by atoms with E-state index in [0.717, 1.165) is 29.5 Å². The number of thiophene rings is 1. The van der Waals surface area contributed by atoms with Crippen LogP contribution in [0.25, 0.3) is 10.7 Å². The van der Waals surface area contributed by atoms with Gasteiger partial charge in [0.2, 0.25) is 11.7 Å². The molecule has 6 nitrogen and oxygen atoms in total. The molecular weight excluding hydrogens is 403 g/mol. The molecule has 0 atom stereocenters. The van der Waals surface area contributed by atoms with Crippen molar-refractivity contribution < 1.29 is 26.1 Å². The van der Waals surface area contributed by atoms with Gasteiger partial charge in [-0.3, -0.25) is 4.72 Å². The molecule has 3 aromatic rings. The summed E-state index contributed by atoms with van der Waals surface area (Å²) in [6, 6.07) is 5.38. The van der Waals surface area contributed by atoms with Gasteiger partial charge >= 0.3 is 6.18 Å². The number of nitrogens with one attached hydrogen (secondary N) is 1. The predicted octanol–water partition coefficient (Wildman–Crippen LogP) is 4.49. The molecule has 0 saturated heterocycles. The largest absolute Gasteiger partial charge is 0.416 e. The van der Waals surface area contributed by atoms with E-state index in [1.54, 1.807) is 6.92 Å². The minimum atomic E-state index is -4.57. The first-order valence-electron chi connectivity index (χ1n) is 7.73. The van der Waals surface area contributed by atoms with Crippen molar-refractivity contribution in [2.45, 2.75) is 31.3 Å². The number of alkyl halides is 3. The maximum Gasteiger partial charge on any atom is 0.416 e. The zero-order valence-corrected chi connectivity index (χ0v) is 15.8. The quantitative estimate of drug-likeness (QED) is 0.661. The fourth-order valence-electron chi connectivity index (χ4n) is 2.31. The topological polar surface area (TPSA) is 85.1 Å². The van der Waals surface area contributed by atoms with Gasteiger partial charge < -0.3 is 4.52 Å². The Morgan fingerprint density at radius 3 is 2.63 bits per heavy atom. The highest BCUT2D eigenvalue weighted by molar-refractivity contribution is 7.93. The van der Waals surface area contributed by atoms with Crippen molar-refractivity contribution in [3.8, 4) is 10.7 Å². The van der Waals surface area contributed by atoms with Gasteiger partial charge in [-0.2, -0.15) is 18.2 Å². The average Bonchev–Trinajstić information content (AvgIpc) is 3.20. The van der Waals surface area contributed by atoms with Crippen LogP contribution in [-0.2, 0) is 22.6 Å². The smallest absolute Gasteiger partial charge is 0.339 e. The number of aryl methyl sites for hydroxylation is 2. The molecule has 2 aromatic heterocycles. The van der Waals surface area contributed by atoms with Crippen LogP contribution >= 0.6 is 11.3 Å². The first-order chi connectivity index (χ1) is 12.6. The zero-order chi connectivity index (χ0) is 19.8. The minimum Gasteiger partial charge on any atom is -0.339 e. The molecule has 0 saturated carbocycles. The van der Waals surface area contributed by atoms with E-state index in [4.69, 9.17) is 4.52 Å². The van der Waals surface area contributed by atoms with Gasteiger partial charge in [0.1, 0.15) is 4.90 Å². The van der Waals surface area contributed by atoms with Gasteiger partial charge in [-0.05, 0) is 31.2 Å². The van der Waals surface area contributed by atoms with Crippen molar-refractivity contribution in [3.63, 3.8) is 0 Å². The number of anilines is 1. The second-order valence-electron chi connectivity index (χ2n) is 5.58. The second-order valence-corrected chi connectivity index (χ2v) is 8.49. The van der Waals surface area contributed by atoms with Gasteiger partial charge in [0.25, 0.3) is 10.0 Å². The summed E-state index contributed by atoms with van der Waals surface area (Å²) < 4.78 is 70.9. The van der Waals surface area contributed by atoms with E-state index in [2.05, 4.69) is 14.9 Å². The fourth-order valence-corrected chi connectivity index (χ4v) is 4.88. The highest BCUT2D eigenvalue weighted by atomic mass is 32.2. The standard InChI is InChI=1S/C16H14F3N3O3S2/c1-3-14-20-15(21-25-14)12-8-13(9(2)26-12)27(23,24)22-11-6-4-5-10(7-11)16(17,18)19/h4-8,22H,3H2,1-2H3. The molecule has 0 unspecified atom stereocenters. The van der Waals surface area contributed by atoms with Crippen LogP contribution in [0.15, 0.2) is 39.8 Å². The first-order valence-corrected chi connectivity index (χ1v) is 10.0. The molecule has 0 aliphatic heterocycles. The van der Waals surface area contributed by atoms with Gasteiger partial charge in [-0.1, -0.05) is 18.1 Å². The van der Waals surface area contributed by atoms with Gasteiger partial charge in [-0.15, -0.1) is 11.3 Å². The molecule has 1 N–H and O–H groups in total. The number of hydrogen-bond acceptors (Lipinski definition) is 6. The van der Waals surface area contributed by atoms with Crippen molar-refractivity contribution in [2.75, 3.05) is 4.72 Å². The summed E-state index contributed by atoms with van der Waals surface area (Å²) >= 11 is 1.15. The van der Waals surface area contributed by atoms with E-state index < -0.39 is 21.8 Å². The molecule has 0 radical (unpaired) electrons. The van der Waals surface area contributed by atoms with Gasteiger partial charge in [0, 0.05) is 17.0 Å². The summed E-state index contributed by atoms with van der Waals surface area (Å²) in [4.78, 5) is 5.04. The van der Waals surface area contributed by atoms with E-state index in [9.17, 15) is 21.6 Å². The van der Waals surface area contributed by atoms with Crippen LogP contribution in [0.3, 0.4) is 0 Å². The highest BCUT2D eigenvalue weighted by Crippen LogP contribution is 2.34. The van der Waals surface area contributed by atoms with Gasteiger partial charge in [0.15, 0.2) is 0 Å². The Labute approximate surface area is 157 Å². The molecule has 0 spiro atoms. The van der Waals surface area contributed by atoms with Crippen LogP contribution in [0.4, 0.5) is 18.9 Å². The number of halogens is 3. The number of sulfonamides is 1. The lowest BCUT2D eigenvalue weighted by molar-refractivity contribution is -0.137. The van der Waals surface area contributed by atoms with Crippen LogP contribution in [0.1, 0.15) is 23.3 Å². The molecule has 144 valence electrons. The van der Waals surface area contributed by atoms with Crippen LogP contribution < -0.4 is 4.72 Å². The zero-order valence-electron chi connectivity index (χ0n) is 14.2. The molecule has 0 aliphatic carbocycles. The van der Waals surface area contributed by atoms with E-state index in [-0.39, 0.29) is 16.4 Å². The maximum atomic E-state index is 12.8. The lowest BCUT2D eigenvalue weighted by atomic mass is 10.2. The van der Waals surface area contributed by atoms with Crippen molar-refractivity contribution in [1.82, 2.24) is 10.1 Å². The highest BCUT2D eigenvalue weighted by Gasteiger charge is 2.31. The van der Waals surface area contributed by atoms with Gasteiger partial charge in [0.05, 0.1) is 10.4 Å². The number of aromatic nitrogens is 2. The number of hydrogen-bond donors (Lipinski definition) is 1. The summed E-state index contributed by atoms with van der Waals surface area (Å²) in [7, 11) is -4.09. The molecular formula is C16H14F3N3O3S2. The van der Waals surface area contributed by atoms with Crippen molar-refractivity contribution >= 4 is 27.0 Å². The van der Waals surface area contributed by atoms with Crippen LogP contribution in [-0.4, -0.2) is 18.6 Å². The Bertz CT molecular complexity index is 1070. The molecule has 11 heteroatoms. The van der Waals surface area contributed by atoms with E-state index in [0.29, 0.717) is 22.1 Å². The number of rotatable bonds is 5. The lowest BCUT2D eigenvalue weighted by Crippen LogP contribution is -2.14. The van der Waals surface area contributed by atoms with Crippen LogP contribution in [0, 0.1) is 6.92 Å². The summed E-state index contributed by atoms with van der Waals surface area (Å²) in [5, 5.41) is 3.80. The molecule has 1 aromatic carbocycles. The van der Waals surface area contributed by atoms with Crippen molar-refractivity contribution in [1.29, 1.82) is 0 Å². The van der Waals surface area contributed by atoms with Crippen LogP contribution in [0.5, 0.6) is 0 Å². The van der Waals surface area contributed by atoms with Crippen molar-refractivity contribution in [2.24, 2.45) is 0 Å². The maximum absolute atomic E-state index is 12.8. The second kappa shape index (κ2) is 6.97. The third-order valence-corrected chi connectivity index (χ3v) is 6.28. The minimum absolute atomic E-state index is 0.0530. The van der Waals surface area contributed by atoms with E-state index >= 15 is 0 Å². The Balaban J connectivity index is 1.92. The van der Waals surface area contributed by atoms with Crippen molar-refractivity contribution in [3.05, 3.63) is 46.7 Å². The Kier molecular flexibility index (Phi) is 5.00. The summed E-state index contributed by atoms with van der Waals surface area (Å²) in [6.07, 6.45) is -4.03. The average molecular weight is 417 g/mol. The predicted molar refractivity (Wildman–Crippen MR) is 94.0 cm³/mol. The molecule has 0 fully saturated rings. The number of nitrogens with zero attached hydrogens (tertiary/aromatic N) is 2. The number of benzene rings is 1. The molecule has 2 heterocycles. The third kappa shape index (κ3) is 4.14. The van der Waals surface area contributed by atoms with E-state index in [1.165, 1.54) is 12.1 Å². The molecule has 3 rings (SSSR count). The first kappa shape index (κ1) is 19.4. The summed E-state index contributed by atoms with van der Waals surface area (Å²) in [5.41, 5.74) is -1.12. The molecule has 0 bridgehead atoms. The Morgan fingerprint density at radius 2 is 2.00 bits per heavy atom. The summed E-state index contributed by atoms with van der Waals surface area (Å²) in [6.45, 7) is 3.43. The molecule has 27 heavy (non-hydrogen) atoms. The monoisotopic (exact) mass is 417 g/mol. The van der Waals surface area contributed by atoms with E-state index in [1.807, 2.05) is 6.92 Å². The van der Waals surface area contributed by atoms with Gasteiger partial charge in [-0.25, -0.2) is 8.42 Å². The Hall–Kier alpha value is -2.40. The van der Waals surface area contributed by atoms with Crippen LogP contribution in [0.2, 0.25) is 0 Å². The normalized spacial score (nSPS) is 12.3.